The van der Waals surface area contributed by atoms with Gasteiger partial charge in [-0.25, -0.2) is 0 Å². The van der Waals surface area contributed by atoms with Crippen LogP contribution >= 0.6 is 0 Å². The van der Waals surface area contributed by atoms with Gasteiger partial charge >= 0.3 is 0 Å². The third kappa shape index (κ3) is 0.811. The summed E-state index contributed by atoms with van der Waals surface area (Å²) in [5.41, 5.74) is 10.2. The topological polar surface area (TPSA) is 35.2 Å². The van der Waals surface area contributed by atoms with E-state index in [0.717, 1.165) is 11.4 Å². The Bertz CT molecular complexity index is 366. The fraction of sp³-hybridized carbons (Fsp3) is 0.200. The Morgan fingerprint density at radius 1 is 1.33 bits per heavy atom. The maximum atomic E-state index is 5.82. The predicted octanol–water partition coefficient (Wildman–Crippen LogP) is 2.15. The summed E-state index contributed by atoms with van der Waals surface area (Å²) in [4.78, 5) is 0. The molecule has 1 aromatic carbocycles. The first-order valence-corrected chi connectivity index (χ1v) is 3.88. The van der Waals surface area contributed by atoms with Crippen molar-refractivity contribution < 1.29 is 4.74 Å². The van der Waals surface area contributed by atoms with Crippen molar-refractivity contribution in [1.29, 1.82) is 0 Å². The molecule has 0 heterocycles. The molecule has 1 aliphatic rings. The van der Waals surface area contributed by atoms with Gasteiger partial charge in [-0.15, -0.1) is 0 Å². The van der Waals surface area contributed by atoms with Gasteiger partial charge in [0.2, 0.25) is 0 Å². The van der Waals surface area contributed by atoms with Crippen LogP contribution in [0.3, 0.4) is 0 Å². The smallest absolute Gasteiger partial charge is 0.121 e. The van der Waals surface area contributed by atoms with Crippen LogP contribution in [0, 0.1) is 0 Å². The fourth-order valence-corrected chi connectivity index (χ4v) is 1.57. The molecule has 0 bridgehead atoms. The number of nitrogens with two attached hydrogens (primary N) is 1. The molecule has 2 rings (SSSR count). The van der Waals surface area contributed by atoms with Gasteiger partial charge in [-0.05, 0) is 24.1 Å². The van der Waals surface area contributed by atoms with Crippen molar-refractivity contribution >= 4 is 17.3 Å². The summed E-state index contributed by atoms with van der Waals surface area (Å²) in [5, 5.41) is 0. The van der Waals surface area contributed by atoms with Gasteiger partial charge in [0.05, 0.1) is 7.11 Å². The van der Waals surface area contributed by atoms with Crippen molar-refractivity contribution in [2.24, 2.45) is 0 Å². The van der Waals surface area contributed by atoms with E-state index in [1.807, 2.05) is 12.1 Å². The van der Waals surface area contributed by atoms with Gasteiger partial charge in [-0.2, -0.15) is 0 Å². The number of fused-ring (bicyclic) bond motifs is 1. The first-order valence-electron chi connectivity index (χ1n) is 3.88. The standard InChI is InChI=1S/C10H11NO/c1-6-3-7-4-8(12-2)5-9(11)10(6)7/h3-5H,11H2,1-2H3. The van der Waals surface area contributed by atoms with Crippen LogP contribution in [0.2, 0.25) is 0 Å². The van der Waals surface area contributed by atoms with Crippen molar-refractivity contribution in [3.8, 4) is 5.75 Å². The molecule has 0 saturated carbocycles. The fourth-order valence-electron chi connectivity index (χ4n) is 1.57. The number of hydrogen-bond acceptors (Lipinski definition) is 2. The molecule has 2 nitrogen and oxygen atoms in total. The van der Waals surface area contributed by atoms with Gasteiger partial charge in [0, 0.05) is 17.3 Å². The second kappa shape index (κ2) is 2.27. The van der Waals surface area contributed by atoms with Crippen molar-refractivity contribution in [2.75, 3.05) is 12.8 Å². The zero-order chi connectivity index (χ0) is 8.72. The van der Waals surface area contributed by atoms with Crippen LogP contribution in [0.5, 0.6) is 5.75 Å². The number of methoxy groups -OCH3 is 1. The molecule has 12 heavy (non-hydrogen) atoms. The van der Waals surface area contributed by atoms with Crippen LogP contribution in [0.25, 0.3) is 11.6 Å². The average Bonchev–Trinajstić information content (AvgIpc) is 2.00. The molecular weight excluding hydrogens is 150 g/mol. The van der Waals surface area contributed by atoms with E-state index in [4.69, 9.17) is 10.5 Å². The van der Waals surface area contributed by atoms with Crippen LogP contribution in [-0.4, -0.2) is 7.11 Å². The molecule has 2 N–H and O–H groups in total. The number of benzene rings is 1. The van der Waals surface area contributed by atoms with Crippen LogP contribution in [0.4, 0.5) is 5.69 Å². The second-order valence-electron chi connectivity index (χ2n) is 3.01. The molecule has 0 radical (unpaired) electrons. The summed E-state index contributed by atoms with van der Waals surface area (Å²) in [6.07, 6.45) is 2.11. The molecule has 0 atom stereocenters. The normalized spacial score (nSPS) is 13.0. The van der Waals surface area contributed by atoms with Crippen LogP contribution in [0.15, 0.2) is 12.1 Å². The number of anilines is 1. The monoisotopic (exact) mass is 161 g/mol. The average molecular weight is 161 g/mol. The molecule has 0 spiro atoms. The molecular formula is C10H11NO. The molecule has 1 aliphatic carbocycles. The first kappa shape index (κ1) is 7.22. The van der Waals surface area contributed by atoms with Crippen LogP contribution < -0.4 is 10.5 Å². The van der Waals surface area contributed by atoms with Crippen LogP contribution in [-0.2, 0) is 0 Å². The summed E-state index contributed by atoms with van der Waals surface area (Å²) >= 11 is 0. The highest BCUT2D eigenvalue weighted by Gasteiger charge is 2.16. The van der Waals surface area contributed by atoms with Crippen molar-refractivity contribution in [1.82, 2.24) is 0 Å². The summed E-state index contributed by atoms with van der Waals surface area (Å²) in [6.45, 7) is 2.06. The molecule has 0 fully saturated rings. The van der Waals surface area contributed by atoms with Gasteiger partial charge in [-0.3, -0.25) is 0 Å². The molecule has 0 aliphatic heterocycles. The minimum Gasteiger partial charge on any atom is -0.497 e. The number of allylic oxidation sites excluding steroid dienone is 1. The minimum absolute atomic E-state index is 0.810. The number of nitrogen functional groups attached to an aromatic ring is 1. The molecule has 0 saturated heterocycles. The summed E-state index contributed by atoms with van der Waals surface area (Å²) in [5.74, 6) is 0.829. The summed E-state index contributed by atoms with van der Waals surface area (Å²) in [6, 6.07) is 3.86. The molecule has 1 aromatic rings. The molecule has 0 amide bonds. The quantitative estimate of drug-likeness (QED) is 0.640. The van der Waals surface area contributed by atoms with E-state index in [-0.39, 0.29) is 0 Å². The lowest BCUT2D eigenvalue weighted by Gasteiger charge is -2.19. The molecule has 0 unspecified atom stereocenters. The minimum atomic E-state index is 0.810. The Kier molecular flexibility index (Phi) is 1.37. The van der Waals surface area contributed by atoms with Gasteiger partial charge in [-0.1, -0.05) is 6.08 Å². The number of ether oxygens (including phenoxy) is 1. The lowest BCUT2D eigenvalue weighted by Crippen LogP contribution is -2.02. The van der Waals surface area contributed by atoms with Gasteiger partial charge < -0.3 is 10.5 Å². The molecule has 62 valence electrons. The highest BCUT2D eigenvalue weighted by Crippen LogP contribution is 2.38. The SMILES string of the molecule is COc1cc(N)c2c(c1)C=C2C. The van der Waals surface area contributed by atoms with Crippen molar-refractivity contribution in [2.45, 2.75) is 6.92 Å². The van der Waals surface area contributed by atoms with Gasteiger partial charge in [0.25, 0.3) is 0 Å². The van der Waals surface area contributed by atoms with Crippen molar-refractivity contribution in [3.63, 3.8) is 0 Å². The van der Waals surface area contributed by atoms with E-state index in [2.05, 4.69) is 13.0 Å². The highest BCUT2D eigenvalue weighted by atomic mass is 16.5. The van der Waals surface area contributed by atoms with E-state index in [0.29, 0.717) is 0 Å². The zero-order valence-electron chi connectivity index (χ0n) is 7.22. The van der Waals surface area contributed by atoms with Gasteiger partial charge in [0.15, 0.2) is 0 Å². The third-order valence-electron chi connectivity index (χ3n) is 2.17. The van der Waals surface area contributed by atoms with Gasteiger partial charge in [0.1, 0.15) is 5.75 Å². The Hall–Kier alpha value is -1.44. The Balaban J connectivity index is 2.54. The largest absolute Gasteiger partial charge is 0.497 e. The Morgan fingerprint density at radius 3 is 2.58 bits per heavy atom. The number of rotatable bonds is 1. The van der Waals surface area contributed by atoms with Crippen molar-refractivity contribution in [3.05, 3.63) is 23.3 Å². The lowest BCUT2D eigenvalue weighted by atomic mass is 9.88. The summed E-state index contributed by atoms with van der Waals surface area (Å²) in [7, 11) is 1.65. The van der Waals surface area contributed by atoms with E-state index in [9.17, 15) is 0 Å². The number of hydrogen-bond donors (Lipinski definition) is 1. The Labute approximate surface area is 71.6 Å². The first-order chi connectivity index (χ1) is 5.72. The molecule has 0 aromatic heterocycles. The van der Waals surface area contributed by atoms with E-state index >= 15 is 0 Å². The maximum absolute atomic E-state index is 5.82. The summed E-state index contributed by atoms with van der Waals surface area (Å²) < 4.78 is 5.09. The lowest BCUT2D eigenvalue weighted by molar-refractivity contribution is 0.415. The van der Waals surface area contributed by atoms with E-state index < -0.39 is 0 Å². The second-order valence-corrected chi connectivity index (χ2v) is 3.01. The maximum Gasteiger partial charge on any atom is 0.121 e. The highest BCUT2D eigenvalue weighted by molar-refractivity contribution is 5.99. The molecule has 2 heteroatoms. The predicted molar refractivity (Wildman–Crippen MR) is 51.0 cm³/mol. The zero-order valence-corrected chi connectivity index (χ0v) is 7.22. The third-order valence-corrected chi connectivity index (χ3v) is 2.17. The van der Waals surface area contributed by atoms with E-state index in [1.165, 1.54) is 16.7 Å². The van der Waals surface area contributed by atoms with E-state index in [1.54, 1.807) is 7.11 Å². The van der Waals surface area contributed by atoms with Crippen LogP contribution in [0.1, 0.15) is 18.1 Å². The Morgan fingerprint density at radius 2 is 2.08 bits per heavy atom.